The molecule has 1 fully saturated rings. The monoisotopic (exact) mass is 238 g/mol. The molecular weight excluding hydrogens is 216 g/mol. The molecule has 2 rings (SSSR count). The first-order chi connectivity index (χ1) is 8.06. The summed E-state index contributed by atoms with van der Waals surface area (Å²) in [5.74, 6) is 1.68. The predicted octanol–water partition coefficient (Wildman–Crippen LogP) is 2.90. The van der Waals surface area contributed by atoms with Crippen LogP contribution in [0.25, 0.3) is 0 Å². The van der Waals surface area contributed by atoms with Crippen molar-refractivity contribution in [3.8, 4) is 0 Å². The van der Waals surface area contributed by atoms with Crippen LogP contribution in [0.3, 0.4) is 0 Å². The van der Waals surface area contributed by atoms with E-state index in [2.05, 4.69) is 20.8 Å². The van der Waals surface area contributed by atoms with Gasteiger partial charge in [-0.15, -0.1) is 0 Å². The maximum Gasteiger partial charge on any atom is 0.333 e. The fourth-order valence-corrected chi connectivity index (χ4v) is 2.86. The molecule has 3 heteroatoms. The van der Waals surface area contributed by atoms with Gasteiger partial charge in [-0.2, -0.15) is 0 Å². The fourth-order valence-electron chi connectivity index (χ4n) is 2.86. The van der Waals surface area contributed by atoms with Gasteiger partial charge in [-0.3, -0.25) is 0 Å². The van der Waals surface area contributed by atoms with E-state index in [0.29, 0.717) is 11.8 Å². The molecule has 0 spiro atoms. The quantitative estimate of drug-likeness (QED) is 0.709. The summed E-state index contributed by atoms with van der Waals surface area (Å²) >= 11 is 0. The first-order valence-corrected chi connectivity index (χ1v) is 6.60. The molecular formula is C14H22O3. The number of esters is 1. The van der Waals surface area contributed by atoms with Crippen LogP contribution in [0.4, 0.5) is 0 Å². The summed E-state index contributed by atoms with van der Waals surface area (Å²) in [6.45, 7) is 6.80. The minimum atomic E-state index is -0.456. The van der Waals surface area contributed by atoms with Crippen molar-refractivity contribution in [1.29, 1.82) is 0 Å². The zero-order chi connectivity index (χ0) is 12.4. The Balaban J connectivity index is 1.94. The van der Waals surface area contributed by atoms with Gasteiger partial charge in [-0.05, 0) is 43.1 Å². The van der Waals surface area contributed by atoms with Crippen molar-refractivity contribution < 1.29 is 14.3 Å². The number of rotatable bonds is 3. The van der Waals surface area contributed by atoms with Crippen LogP contribution in [0.2, 0.25) is 0 Å². The number of carbonyl (C=O) groups is 1. The Bertz CT molecular complexity index is 309. The summed E-state index contributed by atoms with van der Waals surface area (Å²) in [6.07, 6.45) is 6.42. The van der Waals surface area contributed by atoms with E-state index < -0.39 is 6.29 Å². The van der Waals surface area contributed by atoms with Gasteiger partial charge in [0, 0.05) is 6.08 Å². The third kappa shape index (κ3) is 3.09. The zero-order valence-corrected chi connectivity index (χ0v) is 10.9. The largest absolute Gasteiger partial charge is 0.429 e. The highest BCUT2D eigenvalue weighted by molar-refractivity contribution is 5.84. The third-order valence-corrected chi connectivity index (χ3v) is 3.88. The van der Waals surface area contributed by atoms with E-state index >= 15 is 0 Å². The smallest absolute Gasteiger partial charge is 0.333 e. The molecule has 4 atom stereocenters. The summed E-state index contributed by atoms with van der Waals surface area (Å²) < 4.78 is 11.0. The molecule has 0 unspecified atom stereocenters. The Morgan fingerprint density at radius 2 is 2.18 bits per heavy atom. The lowest BCUT2D eigenvalue weighted by atomic mass is 9.75. The predicted molar refractivity (Wildman–Crippen MR) is 65.2 cm³/mol. The van der Waals surface area contributed by atoms with Crippen molar-refractivity contribution >= 4 is 5.97 Å². The van der Waals surface area contributed by atoms with Crippen molar-refractivity contribution in [2.75, 3.05) is 0 Å². The number of carbonyl (C=O) groups excluding carboxylic acids is 1. The normalized spacial score (nSPS) is 37.5. The van der Waals surface area contributed by atoms with Crippen LogP contribution >= 0.6 is 0 Å². The zero-order valence-electron chi connectivity index (χ0n) is 10.9. The minimum absolute atomic E-state index is 0.228. The molecule has 0 aromatic rings. The summed E-state index contributed by atoms with van der Waals surface area (Å²) in [5.41, 5.74) is 0. The Morgan fingerprint density at radius 3 is 2.76 bits per heavy atom. The molecule has 2 aliphatic rings. The fraction of sp³-hybridized carbons (Fsp3) is 0.786. The van der Waals surface area contributed by atoms with Gasteiger partial charge in [0.1, 0.15) is 0 Å². The second-order valence-corrected chi connectivity index (χ2v) is 5.67. The molecule has 0 aromatic carbocycles. The highest BCUT2D eigenvalue weighted by Crippen LogP contribution is 2.36. The van der Waals surface area contributed by atoms with Gasteiger partial charge in [0.15, 0.2) is 0 Å². The van der Waals surface area contributed by atoms with Crippen molar-refractivity contribution in [3.63, 3.8) is 0 Å². The molecule has 0 amide bonds. The molecule has 0 saturated heterocycles. The van der Waals surface area contributed by atoms with Crippen LogP contribution in [-0.4, -0.2) is 18.4 Å². The number of hydrogen-bond donors (Lipinski definition) is 0. The van der Waals surface area contributed by atoms with Crippen molar-refractivity contribution in [2.45, 2.75) is 52.4 Å². The van der Waals surface area contributed by atoms with Crippen LogP contribution in [0.5, 0.6) is 0 Å². The SMILES string of the molecule is CC(C)[C@@H]1C[C@H](C)CC[C@H]1O[C@H]1C=CC(=O)O1. The third-order valence-electron chi connectivity index (χ3n) is 3.88. The lowest BCUT2D eigenvalue weighted by Crippen LogP contribution is -2.36. The molecule has 0 N–H and O–H groups in total. The first kappa shape index (κ1) is 12.6. The Hall–Kier alpha value is -0.830. The summed E-state index contributed by atoms with van der Waals surface area (Å²) in [5, 5.41) is 0. The summed E-state index contributed by atoms with van der Waals surface area (Å²) in [6, 6.07) is 0. The van der Waals surface area contributed by atoms with Crippen molar-refractivity contribution in [3.05, 3.63) is 12.2 Å². The lowest BCUT2D eigenvalue weighted by molar-refractivity contribution is -0.177. The van der Waals surface area contributed by atoms with Gasteiger partial charge in [0.05, 0.1) is 6.10 Å². The van der Waals surface area contributed by atoms with Gasteiger partial charge < -0.3 is 9.47 Å². The van der Waals surface area contributed by atoms with Gasteiger partial charge in [-0.25, -0.2) is 4.79 Å². The van der Waals surface area contributed by atoms with Crippen LogP contribution in [0.1, 0.15) is 40.0 Å². The second kappa shape index (κ2) is 5.21. The van der Waals surface area contributed by atoms with E-state index in [1.807, 2.05) is 0 Å². The Morgan fingerprint density at radius 1 is 1.41 bits per heavy atom. The molecule has 0 aromatic heterocycles. The van der Waals surface area contributed by atoms with Gasteiger partial charge in [0.25, 0.3) is 0 Å². The molecule has 1 heterocycles. The molecule has 3 nitrogen and oxygen atoms in total. The molecule has 1 aliphatic carbocycles. The van der Waals surface area contributed by atoms with Crippen LogP contribution in [-0.2, 0) is 14.3 Å². The van der Waals surface area contributed by atoms with E-state index in [1.54, 1.807) is 6.08 Å². The molecule has 0 radical (unpaired) electrons. The average molecular weight is 238 g/mol. The molecule has 17 heavy (non-hydrogen) atoms. The van der Waals surface area contributed by atoms with Crippen LogP contribution < -0.4 is 0 Å². The standard InChI is InChI=1S/C14H22O3/c1-9(2)11-8-10(3)4-5-12(11)16-14-7-6-13(15)17-14/h6-7,9-12,14H,4-5,8H2,1-3H3/t10-,11+,12-,14-/m1/s1. The average Bonchev–Trinajstić information content (AvgIpc) is 2.66. The van der Waals surface area contributed by atoms with Crippen molar-refractivity contribution in [2.24, 2.45) is 17.8 Å². The summed E-state index contributed by atoms with van der Waals surface area (Å²) in [4.78, 5) is 11.0. The van der Waals surface area contributed by atoms with Crippen LogP contribution in [0.15, 0.2) is 12.2 Å². The number of ether oxygens (including phenoxy) is 2. The Labute approximate surface area is 103 Å². The minimum Gasteiger partial charge on any atom is -0.429 e. The lowest BCUT2D eigenvalue weighted by Gasteiger charge is -2.37. The topological polar surface area (TPSA) is 35.5 Å². The van der Waals surface area contributed by atoms with E-state index in [-0.39, 0.29) is 12.1 Å². The first-order valence-electron chi connectivity index (χ1n) is 6.60. The van der Waals surface area contributed by atoms with E-state index in [1.165, 1.54) is 18.9 Å². The van der Waals surface area contributed by atoms with Crippen molar-refractivity contribution in [1.82, 2.24) is 0 Å². The van der Waals surface area contributed by atoms with Crippen LogP contribution in [0, 0.1) is 17.8 Å². The van der Waals surface area contributed by atoms with E-state index in [0.717, 1.165) is 12.3 Å². The second-order valence-electron chi connectivity index (χ2n) is 5.67. The molecule has 1 saturated carbocycles. The maximum atomic E-state index is 11.0. The van der Waals surface area contributed by atoms with Gasteiger partial charge in [-0.1, -0.05) is 20.8 Å². The number of hydrogen-bond acceptors (Lipinski definition) is 3. The Kier molecular flexibility index (Phi) is 3.87. The van der Waals surface area contributed by atoms with E-state index in [9.17, 15) is 4.79 Å². The van der Waals surface area contributed by atoms with Gasteiger partial charge >= 0.3 is 5.97 Å². The van der Waals surface area contributed by atoms with Gasteiger partial charge in [0.2, 0.25) is 6.29 Å². The number of cyclic esters (lactones) is 1. The highest BCUT2D eigenvalue weighted by atomic mass is 16.7. The molecule has 1 aliphatic heterocycles. The molecule has 96 valence electrons. The maximum absolute atomic E-state index is 11.0. The summed E-state index contributed by atoms with van der Waals surface area (Å²) in [7, 11) is 0. The highest BCUT2D eigenvalue weighted by Gasteiger charge is 2.34. The van der Waals surface area contributed by atoms with E-state index in [4.69, 9.17) is 9.47 Å². The molecule has 0 bridgehead atoms.